The molecule has 130 valence electrons. The van der Waals surface area contributed by atoms with Crippen LogP contribution in [0.4, 0.5) is 0 Å². The van der Waals surface area contributed by atoms with Crippen LogP contribution in [-0.2, 0) is 4.74 Å². The quantitative estimate of drug-likeness (QED) is 0.817. The van der Waals surface area contributed by atoms with Gasteiger partial charge in [0.2, 0.25) is 5.88 Å². The SMILES string of the molecule is Cc1cnn(-c2ccc(C(C)C)cc2)c1OCCN1CCOCC1. The Morgan fingerprint density at radius 3 is 2.54 bits per heavy atom. The van der Waals surface area contributed by atoms with Crippen molar-refractivity contribution >= 4 is 0 Å². The van der Waals surface area contributed by atoms with Crippen molar-refractivity contribution in [3.8, 4) is 11.6 Å². The van der Waals surface area contributed by atoms with Crippen LogP contribution in [0, 0.1) is 6.92 Å². The molecule has 2 aromatic rings. The molecule has 0 spiro atoms. The molecule has 1 aliphatic rings. The average Bonchev–Trinajstić information content (AvgIpc) is 2.97. The highest BCUT2D eigenvalue weighted by Crippen LogP contribution is 2.23. The van der Waals surface area contributed by atoms with Crippen LogP contribution in [-0.4, -0.2) is 54.1 Å². The van der Waals surface area contributed by atoms with Crippen LogP contribution in [0.15, 0.2) is 30.5 Å². The molecule has 5 heteroatoms. The normalized spacial score (nSPS) is 15.8. The van der Waals surface area contributed by atoms with Gasteiger partial charge in [0.15, 0.2) is 0 Å². The Bertz CT molecular complexity index is 643. The van der Waals surface area contributed by atoms with Crippen LogP contribution in [0.5, 0.6) is 5.88 Å². The number of ether oxygens (including phenoxy) is 2. The van der Waals surface area contributed by atoms with Gasteiger partial charge in [-0.2, -0.15) is 5.10 Å². The second-order valence-electron chi connectivity index (χ2n) is 6.59. The highest BCUT2D eigenvalue weighted by Gasteiger charge is 2.13. The van der Waals surface area contributed by atoms with Gasteiger partial charge in [-0.3, -0.25) is 4.90 Å². The van der Waals surface area contributed by atoms with Crippen molar-refractivity contribution in [2.24, 2.45) is 0 Å². The van der Waals surface area contributed by atoms with Crippen molar-refractivity contribution in [3.05, 3.63) is 41.6 Å². The largest absolute Gasteiger partial charge is 0.476 e. The van der Waals surface area contributed by atoms with Crippen LogP contribution in [0.25, 0.3) is 5.69 Å². The lowest BCUT2D eigenvalue weighted by atomic mass is 10.0. The minimum Gasteiger partial charge on any atom is -0.476 e. The van der Waals surface area contributed by atoms with Crippen LogP contribution in [0.2, 0.25) is 0 Å². The van der Waals surface area contributed by atoms with Crippen molar-refractivity contribution in [2.75, 3.05) is 39.5 Å². The molecule has 5 nitrogen and oxygen atoms in total. The second kappa shape index (κ2) is 7.81. The standard InChI is InChI=1S/C19H27N3O2/c1-15(2)17-4-6-18(7-5-17)22-19(16(3)14-20-22)24-13-10-21-8-11-23-12-9-21/h4-7,14-15H,8-13H2,1-3H3. The first-order valence-corrected chi connectivity index (χ1v) is 8.73. The molecule has 0 radical (unpaired) electrons. The Labute approximate surface area is 144 Å². The van der Waals surface area contributed by atoms with Gasteiger partial charge < -0.3 is 9.47 Å². The van der Waals surface area contributed by atoms with E-state index in [4.69, 9.17) is 9.47 Å². The van der Waals surface area contributed by atoms with Gasteiger partial charge in [-0.05, 0) is 30.5 Å². The molecule has 0 aliphatic carbocycles. The summed E-state index contributed by atoms with van der Waals surface area (Å²) in [5.74, 6) is 1.36. The number of aromatic nitrogens is 2. The van der Waals surface area contributed by atoms with Crippen molar-refractivity contribution in [3.63, 3.8) is 0 Å². The number of benzene rings is 1. The summed E-state index contributed by atoms with van der Waals surface area (Å²) in [6, 6.07) is 8.54. The molecule has 1 aliphatic heterocycles. The zero-order valence-corrected chi connectivity index (χ0v) is 14.9. The summed E-state index contributed by atoms with van der Waals surface area (Å²) in [6.07, 6.45) is 1.86. The molecule has 0 N–H and O–H groups in total. The molecule has 1 aromatic carbocycles. The summed E-state index contributed by atoms with van der Waals surface area (Å²) < 4.78 is 13.3. The summed E-state index contributed by atoms with van der Waals surface area (Å²) in [7, 11) is 0. The highest BCUT2D eigenvalue weighted by atomic mass is 16.5. The van der Waals surface area contributed by atoms with E-state index in [1.807, 2.05) is 17.8 Å². The van der Waals surface area contributed by atoms with E-state index in [1.165, 1.54) is 5.56 Å². The molecule has 1 saturated heterocycles. The molecule has 1 aromatic heterocycles. The maximum absolute atomic E-state index is 6.06. The molecular formula is C19H27N3O2. The van der Waals surface area contributed by atoms with Gasteiger partial charge in [-0.1, -0.05) is 26.0 Å². The van der Waals surface area contributed by atoms with Gasteiger partial charge in [-0.15, -0.1) is 0 Å². The third-order valence-electron chi connectivity index (χ3n) is 4.45. The summed E-state index contributed by atoms with van der Waals surface area (Å²) in [4.78, 5) is 2.37. The van der Waals surface area contributed by atoms with Crippen LogP contribution in [0.1, 0.15) is 30.9 Å². The molecule has 0 bridgehead atoms. The first kappa shape index (κ1) is 17.0. The predicted octanol–water partition coefficient (Wildman–Crippen LogP) is 3.02. The maximum Gasteiger partial charge on any atom is 0.219 e. The van der Waals surface area contributed by atoms with Crippen molar-refractivity contribution in [1.29, 1.82) is 0 Å². The van der Waals surface area contributed by atoms with Gasteiger partial charge >= 0.3 is 0 Å². The summed E-state index contributed by atoms with van der Waals surface area (Å²) in [6.45, 7) is 11.6. The monoisotopic (exact) mass is 329 g/mol. The number of aryl methyl sites for hydroxylation is 1. The van der Waals surface area contributed by atoms with Crippen molar-refractivity contribution < 1.29 is 9.47 Å². The number of hydrogen-bond acceptors (Lipinski definition) is 4. The summed E-state index contributed by atoms with van der Waals surface area (Å²) in [5.41, 5.74) is 3.43. The number of rotatable bonds is 6. The zero-order valence-electron chi connectivity index (χ0n) is 14.9. The smallest absolute Gasteiger partial charge is 0.219 e. The van der Waals surface area contributed by atoms with Gasteiger partial charge in [0.25, 0.3) is 0 Å². The van der Waals surface area contributed by atoms with Gasteiger partial charge in [0.05, 0.1) is 25.1 Å². The number of hydrogen-bond donors (Lipinski definition) is 0. The molecule has 0 amide bonds. The highest BCUT2D eigenvalue weighted by molar-refractivity contribution is 5.40. The summed E-state index contributed by atoms with van der Waals surface area (Å²) >= 11 is 0. The van der Waals surface area contributed by atoms with E-state index in [0.29, 0.717) is 12.5 Å². The topological polar surface area (TPSA) is 39.5 Å². The summed E-state index contributed by atoms with van der Waals surface area (Å²) in [5, 5.41) is 4.48. The third-order valence-corrected chi connectivity index (χ3v) is 4.45. The van der Waals surface area contributed by atoms with E-state index in [1.54, 1.807) is 0 Å². The molecule has 1 fully saturated rings. The van der Waals surface area contributed by atoms with E-state index in [-0.39, 0.29) is 0 Å². The fourth-order valence-corrected chi connectivity index (χ4v) is 2.87. The number of nitrogens with zero attached hydrogens (tertiary/aromatic N) is 3. The van der Waals surface area contributed by atoms with Gasteiger partial charge in [0.1, 0.15) is 6.61 Å². The van der Waals surface area contributed by atoms with Crippen LogP contribution in [0.3, 0.4) is 0 Å². The Balaban J connectivity index is 1.66. The molecule has 0 atom stereocenters. The van der Waals surface area contributed by atoms with E-state index in [0.717, 1.165) is 50.0 Å². The molecule has 24 heavy (non-hydrogen) atoms. The Hall–Kier alpha value is -1.85. The van der Waals surface area contributed by atoms with Crippen LogP contribution >= 0.6 is 0 Å². The number of morpholine rings is 1. The van der Waals surface area contributed by atoms with Crippen molar-refractivity contribution in [2.45, 2.75) is 26.7 Å². The third kappa shape index (κ3) is 3.97. The minimum absolute atomic E-state index is 0.530. The lowest BCUT2D eigenvalue weighted by Crippen LogP contribution is -2.38. The Kier molecular flexibility index (Phi) is 5.53. The predicted molar refractivity (Wildman–Crippen MR) is 95.1 cm³/mol. The first-order valence-electron chi connectivity index (χ1n) is 8.73. The van der Waals surface area contributed by atoms with Crippen molar-refractivity contribution in [1.82, 2.24) is 14.7 Å². The lowest BCUT2D eigenvalue weighted by molar-refractivity contribution is 0.0318. The molecule has 3 rings (SSSR count). The van der Waals surface area contributed by atoms with E-state index in [9.17, 15) is 0 Å². The maximum atomic E-state index is 6.06. The van der Waals surface area contributed by atoms with Gasteiger partial charge in [-0.25, -0.2) is 4.68 Å². The fourth-order valence-electron chi connectivity index (χ4n) is 2.87. The molecule has 0 saturated carbocycles. The Morgan fingerprint density at radius 1 is 1.17 bits per heavy atom. The average molecular weight is 329 g/mol. The van der Waals surface area contributed by atoms with E-state index < -0.39 is 0 Å². The van der Waals surface area contributed by atoms with E-state index in [2.05, 4.69) is 48.1 Å². The first-order chi connectivity index (χ1) is 11.6. The Morgan fingerprint density at radius 2 is 1.88 bits per heavy atom. The molecular weight excluding hydrogens is 302 g/mol. The lowest BCUT2D eigenvalue weighted by Gasteiger charge is -2.26. The molecule has 2 heterocycles. The second-order valence-corrected chi connectivity index (χ2v) is 6.59. The fraction of sp³-hybridized carbons (Fsp3) is 0.526. The minimum atomic E-state index is 0.530. The molecule has 0 unspecified atom stereocenters. The zero-order chi connectivity index (χ0) is 16.9. The van der Waals surface area contributed by atoms with Gasteiger partial charge in [0, 0.05) is 25.2 Å². The van der Waals surface area contributed by atoms with Crippen LogP contribution < -0.4 is 4.74 Å². The van der Waals surface area contributed by atoms with E-state index >= 15 is 0 Å².